The number of nitrogen functional groups attached to an aromatic ring is 1. The van der Waals surface area contributed by atoms with Gasteiger partial charge in [0, 0.05) is 23.9 Å². The van der Waals surface area contributed by atoms with Gasteiger partial charge in [-0.3, -0.25) is 4.40 Å². The van der Waals surface area contributed by atoms with Crippen LogP contribution in [0.4, 0.5) is 14.6 Å². The maximum atomic E-state index is 13.9. The second-order valence-electron chi connectivity index (χ2n) is 7.94. The van der Waals surface area contributed by atoms with E-state index in [1.165, 1.54) is 12.1 Å². The van der Waals surface area contributed by atoms with Crippen LogP contribution in [0.1, 0.15) is 24.6 Å². The summed E-state index contributed by atoms with van der Waals surface area (Å²) in [5.74, 6) is -0.636. The van der Waals surface area contributed by atoms with Crippen LogP contribution in [0.15, 0.2) is 54.9 Å². The first-order valence-electron chi connectivity index (χ1n) is 10.6. The predicted octanol–water partition coefficient (Wildman–Crippen LogP) is 4.30. The van der Waals surface area contributed by atoms with Gasteiger partial charge in [-0.2, -0.15) is 4.39 Å². The molecule has 1 fully saturated rings. The van der Waals surface area contributed by atoms with Gasteiger partial charge in [-0.25, -0.2) is 14.4 Å². The number of anilines is 1. The predicted molar refractivity (Wildman–Crippen MR) is 118 cm³/mol. The maximum Gasteiger partial charge on any atom is 0.201 e. The normalized spacial score (nSPS) is 18.5. The van der Waals surface area contributed by atoms with Crippen LogP contribution < -0.4 is 10.5 Å². The molecule has 1 aliphatic rings. The number of aliphatic hydroxyl groups is 1. The summed E-state index contributed by atoms with van der Waals surface area (Å²) in [6.07, 6.45) is 4.88. The van der Waals surface area contributed by atoms with Gasteiger partial charge in [-0.05, 0) is 49.2 Å². The maximum absolute atomic E-state index is 13.9. The monoisotopic (exact) mass is 452 g/mol. The highest BCUT2D eigenvalue weighted by Gasteiger charge is 2.27. The first-order valence-corrected chi connectivity index (χ1v) is 10.6. The highest BCUT2D eigenvalue weighted by Crippen LogP contribution is 2.35. The van der Waals surface area contributed by atoms with Crippen LogP contribution in [0, 0.1) is 11.6 Å². The van der Waals surface area contributed by atoms with E-state index >= 15 is 0 Å². The zero-order valence-electron chi connectivity index (χ0n) is 17.6. The van der Waals surface area contributed by atoms with Gasteiger partial charge in [-0.1, -0.05) is 6.07 Å². The van der Waals surface area contributed by atoms with Crippen molar-refractivity contribution in [1.82, 2.24) is 14.4 Å². The third-order valence-corrected chi connectivity index (χ3v) is 5.82. The zero-order valence-corrected chi connectivity index (χ0v) is 17.6. The Morgan fingerprint density at radius 2 is 1.97 bits per heavy atom. The summed E-state index contributed by atoms with van der Waals surface area (Å²) in [5.41, 5.74) is 8.32. The molecule has 3 N–H and O–H groups in total. The van der Waals surface area contributed by atoms with Gasteiger partial charge in [0.1, 0.15) is 28.6 Å². The van der Waals surface area contributed by atoms with Crippen LogP contribution in [0.5, 0.6) is 11.5 Å². The largest absolute Gasteiger partial charge is 0.454 e. The summed E-state index contributed by atoms with van der Waals surface area (Å²) in [5, 5.41) is 9.33. The van der Waals surface area contributed by atoms with Gasteiger partial charge in [0.25, 0.3) is 0 Å². The molecule has 170 valence electrons. The summed E-state index contributed by atoms with van der Waals surface area (Å²) in [6.45, 7) is 0.461. The SMILES string of the molecule is Nc1nccn2c(C3CCC(CO)OC3)nc(-c3ccc(Oc4cccc(F)c4F)cc3)c12. The van der Waals surface area contributed by atoms with Crippen molar-refractivity contribution in [2.45, 2.75) is 24.9 Å². The highest BCUT2D eigenvalue weighted by molar-refractivity contribution is 5.85. The topological polar surface area (TPSA) is 94.9 Å². The fourth-order valence-electron chi connectivity index (χ4n) is 4.10. The van der Waals surface area contributed by atoms with E-state index in [9.17, 15) is 13.9 Å². The molecular formula is C24H22F2N4O3. The van der Waals surface area contributed by atoms with Crippen molar-refractivity contribution in [3.05, 3.63) is 72.3 Å². The molecule has 7 nitrogen and oxygen atoms in total. The van der Waals surface area contributed by atoms with Gasteiger partial charge in [0.2, 0.25) is 5.82 Å². The smallest absolute Gasteiger partial charge is 0.201 e. The average Bonchev–Trinajstić information content (AvgIpc) is 3.24. The van der Waals surface area contributed by atoms with E-state index in [-0.39, 0.29) is 24.4 Å². The Morgan fingerprint density at radius 1 is 1.15 bits per heavy atom. The molecule has 2 atom stereocenters. The van der Waals surface area contributed by atoms with Crippen LogP contribution in [-0.2, 0) is 4.74 Å². The Morgan fingerprint density at radius 3 is 2.70 bits per heavy atom. The van der Waals surface area contributed by atoms with Gasteiger partial charge >= 0.3 is 0 Å². The highest BCUT2D eigenvalue weighted by atomic mass is 19.2. The number of fused-ring (bicyclic) bond motifs is 1. The number of benzene rings is 2. The molecule has 0 aliphatic carbocycles. The lowest BCUT2D eigenvalue weighted by Crippen LogP contribution is -2.28. The van der Waals surface area contributed by atoms with E-state index in [0.717, 1.165) is 30.3 Å². The summed E-state index contributed by atoms with van der Waals surface area (Å²) in [4.78, 5) is 9.10. The zero-order chi connectivity index (χ0) is 22.9. The molecule has 9 heteroatoms. The Labute approximate surface area is 188 Å². The Bertz CT molecular complexity index is 1290. The molecule has 0 bridgehead atoms. The Balaban J connectivity index is 1.48. The summed E-state index contributed by atoms with van der Waals surface area (Å²) < 4.78 is 40.5. The number of halogens is 2. The molecular weight excluding hydrogens is 430 g/mol. The van der Waals surface area contributed by atoms with Crippen molar-refractivity contribution in [2.75, 3.05) is 18.9 Å². The molecule has 2 aromatic heterocycles. The van der Waals surface area contributed by atoms with Crippen molar-refractivity contribution in [1.29, 1.82) is 0 Å². The fourth-order valence-corrected chi connectivity index (χ4v) is 4.10. The van der Waals surface area contributed by atoms with Crippen molar-refractivity contribution >= 4 is 11.3 Å². The average molecular weight is 452 g/mol. The van der Waals surface area contributed by atoms with Gasteiger partial charge in [0.05, 0.1) is 19.3 Å². The van der Waals surface area contributed by atoms with Crippen LogP contribution in [0.25, 0.3) is 16.8 Å². The minimum absolute atomic E-state index is 0.00507. The third-order valence-electron chi connectivity index (χ3n) is 5.82. The number of nitrogens with zero attached hydrogens (tertiary/aromatic N) is 3. The minimum atomic E-state index is -1.04. The van der Waals surface area contributed by atoms with Gasteiger partial charge < -0.3 is 20.3 Å². The van der Waals surface area contributed by atoms with Crippen LogP contribution in [-0.4, -0.2) is 38.8 Å². The van der Waals surface area contributed by atoms with E-state index in [1.54, 1.807) is 30.5 Å². The lowest BCUT2D eigenvalue weighted by Gasteiger charge is -2.27. The first kappa shape index (κ1) is 21.3. The van der Waals surface area contributed by atoms with E-state index < -0.39 is 11.6 Å². The van der Waals surface area contributed by atoms with Crippen LogP contribution >= 0.6 is 0 Å². The molecule has 1 saturated heterocycles. The van der Waals surface area contributed by atoms with Crippen molar-refractivity contribution < 1.29 is 23.4 Å². The summed E-state index contributed by atoms with van der Waals surface area (Å²) >= 11 is 0. The molecule has 0 radical (unpaired) electrons. The molecule has 2 unspecified atom stereocenters. The lowest BCUT2D eigenvalue weighted by atomic mass is 9.98. The molecule has 2 aromatic carbocycles. The summed E-state index contributed by atoms with van der Waals surface area (Å²) in [6, 6.07) is 10.7. The number of aromatic nitrogens is 3. The third kappa shape index (κ3) is 4.01. The first-order chi connectivity index (χ1) is 16.0. The summed E-state index contributed by atoms with van der Waals surface area (Å²) in [7, 11) is 0. The van der Waals surface area contributed by atoms with E-state index in [0.29, 0.717) is 29.4 Å². The number of hydrogen-bond donors (Lipinski definition) is 2. The lowest BCUT2D eigenvalue weighted by molar-refractivity contribution is -0.0282. The number of rotatable bonds is 5. The molecule has 33 heavy (non-hydrogen) atoms. The van der Waals surface area contributed by atoms with E-state index in [2.05, 4.69) is 4.98 Å². The van der Waals surface area contributed by atoms with E-state index in [4.69, 9.17) is 20.2 Å². The van der Waals surface area contributed by atoms with Crippen LogP contribution in [0.3, 0.4) is 0 Å². The number of imidazole rings is 1. The molecule has 1 aliphatic heterocycles. The van der Waals surface area contributed by atoms with Gasteiger partial charge in [-0.15, -0.1) is 0 Å². The molecule has 4 aromatic rings. The van der Waals surface area contributed by atoms with Crippen LogP contribution in [0.2, 0.25) is 0 Å². The van der Waals surface area contributed by atoms with Gasteiger partial charge in [0.15, 0.2) is 11.6 Å². The number of aliphatic hydroxyl groups excluding tert-OH is 1. The Hall–Kier alpha value is -3.56. The number of nitrogens with two attached hydrogens (primary N) is 1. The number of ether oxygens (including phenoxy) is 2. The second-order valence-corrected chi connectivity index (χ2v) is 7.94. The molecule has 3 heterocycles. The van der Waals surface area contributed by atoms with Crippen molar-refractivity contribution in [3.63, 3.8) is 0 Å². The fraction of sp³-hybridized carbons (Fsp3) is 0.250. The standard InChI is InChI=1S/C24H22F2N4O3/c25-18-2-1-3-19(20(18)26)33-16-7-4-14(5-8-16)21-22-23(27)28-10-11-30(22)24(29-21)15-6-9-17(12-31)32-13-15/h1-5,7-8,10-11,15,17,31H,6,9,12-13H2,(H2,27,28). The van der Waals surface area contributed by atoms with Crippen molar-refractivity contribution in [2.24, 2.45) is 0 Å². The Kier molecular flexibility index (Phi) is 5.65. The quantitative estimate of drug-likeness (QED) is 0.469. The molecule has 0 amide bonds. The minimum Gasteiger partial charge on any atom is -0.454 e. The van der Waals surface area contributed by atoms with Crippen molar-refractivity contribution in [3.8, 4) is 22.8 Å². The second kappa shape index (κ2) is 8.76. The molecule has 0 spiro atoms. The van der Waals surface area contributed by atoms with E-state index in [1.807, 2.05) is 10.6 Å². The molecule has 0 saturated carbocycles. The number of hydrogen-bond acceptors (Lipinski definition) is 6. The molecule has 5 rings (SSSR count).